The van der Waals surface area contributed by atoms with E-state index in [-0.39, 0.29) is 24.0 Å². The van der Waals surface area contributed by atoms with E-state index >= 15 is 0 Å². The average Bonchev–Trinajstić information content (AvgIpc) is 3.30. The number of guanidine groups is 1. The number of halogens is 1. The van der Waals surface area contributed by atoms with E-state index in [1.54, 1.807) is 6.26 Å². The maximum Gasteiger partial charge on any atom is 0.191 e. The summed E-state index contributed by atoms with van der Waals surface area (Å²) < 4.78 is 10.6. The molecule has 0 unspecified atom stereocenters. The van der Waals surface area contributed by atoms with Crippen LogP contribution in [-0.2, 0) is 13.0 Å². The van der Waals surface area contributed by atoms with Crippen LogP contribution in [0.4, 0.5) is 0 Å². The van der Waals surface area contributed by atoms with Gasteiger partial charge in [-0.3, -0.25) is 0 Å². The molecule has 7 heteroatoms. The number of aromatic nitrogens is 1. The molecule has 0 spiro atoms. The second-order valence-corrected chi connectivity index (χ2v) is 6.35. The van der Waals surface area contributed by atoms with Crippen molar-refractivity contribution in [1.82, 2.24) is 15.8 Å². The van der Waals surface area contributed by atoms with Crippen molar-refractivity contribution in [3.05, 3.63) is 41.2 Å². The Morgan fingerprint density at radius 3 is 2.76 bits per heavy atom. The molecule has 0 amide bonds. The van der Waals surface area contributed by atoms with Crippen molar-refractivity contribution in [3.63, 3.8) is 0 Å². The highest BCUT2D eigenvalue weighted by molar-refractivity contribution is 14.0. The van der Waals surface area contributed by atoms with E-state index in [2.05, 4.69) is 15.8 Å². The van der Waals surface area contributed by atoms with Gasteiger partial charge in [-0.2, -0.15) is 0 Å². The van der Waals surface area contributed by atoms with Gasteiger partial charge in [0.1, 0.15) is 11.5 Å². The number of aryl methyl sites for hydroxylation is 2. The van der Waals surface area contributed by atoms with Crippen molar-refractivity contribution >= 4 is 29.9 Å². The second-order valence-electron chi connectivity index (χ2n) is 6.35. The molecular formula is C18H27IN4O2. The zero-order chi connectivity index (χ0) is 16.8. The Morgan fingerprint density at radius 1 is 1.32 bits per heavy atom. The number of aliphatic imine (C=N–C) groups is 1. The van der Waals surface area contributed by atoms with Gasteiger partial charge in [0.05, 0.1) is 18.5 Å². The summed E-state index contributed by atoms with van der Waals surface area (Å²) >= 11 is 0. The average molecular weight is 458 g/mol. The van der Waals surface area contributed by atoms with Crippen LogP contribution < -0.4 is 10.6 Å². The van der Waals surface area contributed by atoms with Crippen molar-refractivity contribution in [2.24, 2.45) is 4.99 Å². The van der Waals surface area contributed by atoms with Gasteiger partial charge < -0.3 is 19.6 Å². The van der Waals surface area contributed by atoms with Crippen LogP contribution in [-0.4, -0.2) is 23.7 Å². The lowest BCUT2D eigenvalue weighted by molar-refractivity contribution is 0.392. The maximum atomic E-state index is 5.38. The summed E-state index contributed by atoms with van der Waals surface area (Å²) in [5, 5.41) is 11.0. The van der Waals surface area contributed by atoms with Crippen molar-refractivity contribution in [3.8, 4) is 0 Å². The van der Waals surface area contributed by atoms with Gasteiger partial charge in [-0.1, -0.05) is 18.0 Å². The lowest BCUT2D eigenvalue weighted by atomic mass is 10.2. The lowest BCUT2D eigenvalue weighted by Gasteiger charge is -2.17. The number of furan rings is 1. The Morgan fingerprint density at radius 2 is 2.12 bits per heavy atom. The Balaban J connectivity index is 0.00000225. The molecule has 1 aliphatic rings. The second kappa shape index (κ2) is 9.84. The molecule has 3 rings (SSSR count). The molecule has 2 N–H and O–H groups in total. The highest BCUT2D eigenvalue weighted by Crippen LogP contribution is 2.18. The van der Waals surface area contributed by atoms with E-state index in [4.69, 9.17) is 13.9 Å². The molecule has 1 aliphatic carbocycles. The fraction of sp³-hybridized carbons (Fsp3) is 0.556. The molecule has 0 aromatic carbocycles. The number of hydrogen-bond acceptors (Lipinski definition) is 4. The minimum atomic E-state index is 0. The molecule has 1 saturated carbocycles. The fourth-order valence-corrected chi connectivity index (χ4v) is 3.06. The lowest BCUT2D eigenvalue weighted by Crippen LogP contribution is -2.43. The highest BCUT2D eigenvalue weighted by Gasteiger charge is 2.16. The third kappa shape index (κ3) is 5.76. The van der Waals surface area contributed by atoms with Gasteiger partial charge in [0.2, 0.25) is 0 Å². The van der Waals surface area contributed by atoms with Gasteiger partial charge in [0, 0.05) is 24.6 Å². The zero-order valence-corrected chi connectivity index (χ0v) is 17.2. The number of hydrogen-bond donors (Lipinski definition) is 2. The van der Waals surface area contributed by atoms with Crippen molar-refractivity contribution in [2.45, 2.75) is 58.5 Å². The van der Waals surface area contributed by atoms with Crippen LogP contribution in [0.15, 0.2) is 32.3 Å². The standard InChI is InChI=1S/C18H26N4O2.HI/c1-13-17(14(2)24-22-13)12-20-18(21-15-6-3-4-7-15)19-10-9-16-8-5-11-23-16;/h5,8,11,15H,3-4,6-7,9-10,12H2,1-2H3,(H2,19,20,21);1H. The molecule has 138 valence electrons. The first-order chi connectivity index (χ1) is 11.7. The van der Waals surface area contributed by atoms with Crippen molar-refractivity contribution in [2.75, 3.05) is 6.54 Å². The van der Waals surface area contributed by atoms with Gasteiger partial charge in [-0.05, 0) is 38.8 Å². The molecule has 2 aromatic heterocycles. The number of nitrogens with zero attached hydrogens (tertiary/aromatic N) is 2. The molecule has 1 fully saturated rings. The SMILES string of the molecule is Cc1noc(C)c1CN=C(NCCc1ccco1)NC1CCCC1.I. The van der Waals surface area contributed by atoms with Gasteiger partial charge in [-0.25, -0.2) is 4.99 Å². The molecule has 0 radical (unpaired) electrons. The highest BCUT2D eigenvalue weighted by atomic mass is 127. The third-order valence-corrected chi connectivity index (χ3v) is 4.52. The molecule has 2 heterocycles. The van der Waals surface area contributed by atoms with Gasteiger partial charge in [-0.15, -0.1) is 24.0 Å². The topological polar surface area (TPSA) is 75.6 Å². The van der Waals surface area contributed by atoms with E-state index in [0.717, 1.165) is 41.7 Å². The Hall–Kier alpha value is -1.51. The Labute approximate surface area is 165 Å². The van der Waals surface area contributed by atoms with Crippen LogP contribution in [0.2, 0.25) is 0 Å². The predicted octanol–water partition coefficient (Wildman–Crippen LogP) is 3.72. The van der Waals surface area contributed by atoms with E-state index in [9.17, 15) is 0 Å². The first-order valence-electron chi connectivity index (χ1n) is 8.71. The van der Waals surface area contributed by atoms with E-state index in [1.165, 1.54) is 25.7 Å². The van der Waals surface area contributed by atoms with Gasteiger partial charge in [0.25, 0.3) is 0 Å². The van der Waals surface area contributed by atoms with E-state index < -0.39 is 0 Å². The van der Waals surface area contributed by atoms with Crippen LogP contribution in [0, 0.1) is 13.8 Å². The van der Waals surface area contributed by atoms with E-state index in [0.29, 0.717) is 12.6 Å². The number of nitrogens with one attached hydrogen (secondary N) is 2. The van der Waals surface area contributed by atoms with Crippen LogP contribution in [0.3, 0.4) is 0 Å². The molecule has 2 aromatic rings. The molecule has 0 saturated heterocycles. The van der Waals surface area contributed by atoms with Crippen molar-refractivity contribution < 1.29 is 8.94 Å². The van der Waals surface area contributed by atoms with Gasteiger partial charge in [0.15, 0.2) is 5.96 Å². The number of rotatable bonds is 6. The minimum Gasteiger partial charge on any atom is -0.469 e. The summed E-state index contributed by atoms with van der Waals surface area (Å²) in [7, 11) is 0. The zero-order valence-electron chi connectivity index (χ0n) is 14.9. The summed E-state index contributed by atoms with van der Waals surface area (Å²) in [5.74, 6) is 2.67. The summed E-state index contributed by atoms with van der Waals surface area (Å²) in [6, 6.07) is 4.43. The molecule has 6 nitrogen and oxygen atoms in total. The Kier molecular flexibility index (Phi) is 7.80. The van der Waals surface area contributed by atoms with Crippen LogP contribution >= 0.6 is 24.0 Å². The predicted molar refractivity (Wildman–Crippen MR) is 108 cm³/mol. The normalized spacial score (nSPS) is 15.2. The largest absolute Gasteiger partial charge is 0.469 e. The van der Waals surface area contributed by atoms with Gasteiger partial charge >= 0.3 is 0 Å². The fourth-order valence-electron chi connectivity index (χ4n) is 3.06. The first kappa shape index (κ1) is 19.8. The van der Waals surface area contributed by atoms with Crippen molar-refractivity contribution in [1.29, 1.82) is 0 Å². The van der Waals surface area contributed by atoms with Crippen LogP contribution in [0.5, 0.6) is 0 Å². The third-order valence-electron chi connectivity index (χ3n) is 4.52. The summed E-state index contributed by atoms with van der Waals surface area (Å²) in [5.41, 5.74) is 1.97. The first-order valence-corrected chi connectivity index (χ1v) is 8.71. The minimum absolute atomic E-state index is 0. The quantitative estimate of drug-likeness (QED) is 0.392. The summed E-state index contributed by atoms with van der Waals surface area (Å²) in [6.45, 7) is 5.24. The van der Waals surface area contributed by atoms with E-state index in [1.807, 2.05) is 26.0 Å². The molecular weight excluding hydrogens is 431 g/mol. The molecule has 0 aliphatic heterocycles. The molecule has 25 heavy (non-hydrogen) atoms. The molecule has 0 atom stereocenters. The smallest absolute Gasteiger partial charge is 0.191 e. The molecule has 0 bridgehead atoms. The maximum absolute atomic E-state index is 5.38. The summed E-state index contributed by atoms with van der Waals surface area (Å²) in [6.07, 6.45) is 7.55. The van der Waals surface area contributed by atoms with Crippen LogP contribution in [0.25, 0.3) is 0 Å². The summed E-state index contributed by atoms with van der Waals surface area (Å²) in [4.78, 5) is 4.73. The van der Waals surface area contributed by atoms with Crippen LogP contribution in [0.1, 0.15) is 48.5 Å². The monoisotopic (exact) mass is 458 g/mol. The Bertz CT molecular complexity index is 641.